The van der Waals surface area contributed by atoms with Crippen LogP contribution in [-0.4, -0.2) is 18.2 Å². The molecule has 0 saturated heterocycles. The number of carbonyl (C=O) groups excluding carboxylic acids is 1. The summed E-state index contributed by atoms with van der Waals surface area (Å²) >= 11 is 0. The summed E-state index contributed by atoms with van der Waals surface area (Å²) in [6, 6.07) is 16.1. The molecule has 23 heavy (non-hydrogen) atoms. The van der Waals surface area contributed by atoms with Gasteiger partial charge < -0.3 is 5.32 Å². The van der Waals surface area contributed by atoms with Gasteiger partial charge in [0, 0.05) is 5.69 Å². The van der Waals surface area contributed by atoms with Gasteiger partial charge in [-0.3, -0.25) is 4.79 Å². The summed E-state index contributed by atoms with van der Waals surface area (Å²) < 4.78 is 0. The molecule has 0 unspecified atom stereocenters. The highest BCUT2D eigenvalue weighted by Crippen LogP contribution is 2.08. The quantitative estimate of drug-likeness (QED) is 0.634. The summed E-state index contributed by atoms with van der Waals surface area (Å²) in [7, 11) is 0. The molecule has 0 atom stereocenters. The fraction of sp³-hybridized carbons (Fsp3) is 0.263. The molecule has 4 heteroatoms. The van der Waals surface area contributed by atoms with Gasteiger partial charge >= 0.3 is 0 Å². The van der Waals surface area contributed by atoms with Crippen LogP contribution < -0.4 is 10.7 Å². The number of hydrazone groups is 1. The lowest BCUT2D eigenvalue weighted by atomic mass is 10.1. The van der Waals surface area contributed by atoms with Gasteiger partial charge in [-0.25, -0.2) is 5.43 Å². The van der Waals surface area contributed by atoms with Crippen LogP contribution in [0.5, 0.6) is 0 Å². The number of hydrogen-bond donors (Lipinski definition) is 2. The van der Waals surface area contributed by atoms with Crippen molar-refractivity contribution in [2.24, 2.45) is 5.10 Å². The molecule has 0 aliphatic rings. The van der Waals surface area contributed by atoms with E-state index in [-0.39, 0.29) is 12.5 Å². The maximum absolute atomic E-state index is 11.8. The molecule has 2 N–H and O–H groups in total. The number of aryl methyl sites for hydroxylation is 2. The van der Waals surface area contributed by atoms with Crippen LogP contribution >= 0.6 is 0 Å². The number of anilines is 1. The lowest BCUT2D eigenvalue weighted by molar-refractivity contribution is -0.119. The van der Waals surface area contributed by atoms with E-state index in [1.54, 1.807) is 0 Å². The van der Waals surface area contributed by atoms with E-state index in [0.29, 0.717) is 0 Å². The van der Waals surface area contributed by atoms with Crippen molar-refractivity contribution in [3.8, 4) is 0 Å². The molecule has 1 amide bonds. The number of nitrogens with one attached hydrogen (secondary N) is 2. The number of nitrogens with zero attached hydrogens (tertiary/aromatic N) is 1. The van der Waals surface area contributed by atoms with E-state index in [9.17, 15) is 4.79 Å². The molecule has 4 nitrogen and oxygen atoms in total. The summed E-state index contributed by atoms with van der Waals surface area (Å²) in [6.07, 6.45) is 1.01. The van der Waals surface area contributed by atoms with Crippen LogP contribution in [-0.2, 0) is 11.2 Å². The molecule has 0 aliphatic heterocycles. The molecule has 2 aromatic carbocycles. The van der Waals surface area contributed by atoms with Crippen molar-refractivity contribution in [1.29, 1.82) is 0 Å². The molecule has 120 valence electrons. The largest absolute Gasteiger partial charge is 0.376 e. The van der Waals surface area contributed by atoms with Crippen molar-refractivity contribution >= 4 is 17.3 Å². The lowest BCUT2D eigenvalue weighted by Gasteiger charge is -2.06. The SMILES string of the molecule is CCc1ccc(C(C)=NNC(=O)CNc2ccc(C)cc2)cc1. The first kappa shape index (κ1) is 16.7. The van der Waals surface area contributed by atoms with E-state index >= 15 is 0 Å². The van der Waals surface area contributed by atoms with Crippen molar-refractivity contribution in [2.45, 2.75) is 27.2 Å². The number of benzene rings is 2. The molecule has 0 saturated carbocycles. The molecule has 0 aliphatic carbocycles. The van der Waals surface area contributed by atoms with E-state index in [0.717, 1.165) is 23.4 Å². The van der Waals surface area contributed by atoms with E-state index in [1.165, 1.54) is 11.1 Å². The van der Waals surface area contributed by atoms with Gasteiger partial charge in [0.05, 0.1) is 12.3 Å². The lowest BCUT2D eigenvalue weighted by Crippen LogP contribution is -2.26. The third-order valence-corrected chi connectivity index (χ3v) is 3.63. The zero-order valence-corrected chi connectivity index (χ0v) is 13.9. The molecule has 0 spiro atoms. The van der Waals surface area contributed by atoms with Gasteiger partial charge in [-0.05, 0) is 43.5 Å². The third-order valence-electron chi connectivity index (χ3n) is 3.63. The van der Waals surface area contributed by atoms with Crippen LogP contribution in [0.4, 0.5) is 5.69 Å². The highest BCUT2D eigenvalue weighted by atomic mass is 16.2. The minimum atomic E-state index is -0.171. The molecule has 0 radical (unpaired) electrons. The van der Waals surface area contributed by atoms with Crippen LogP contribution in [0, 0.1) is 6.92 Å². The summed E-state index contributed by atoms with van der Waals surface area (Å²) in [5.41, 5.74) is 7.77. The van der Waals surface area contributed by atoms with Gasteiger partial charge in [0.1, 0.15) is 0 Å². The standard InChI is InChI=1S/C19H23N3O/c1-4-16-7-9-17(10-8-16)15(3)21-22-19(23)13-20-18-11-5-14(2)6-12-18/h5-12,20H,4,13H2,1-3H3,(H,22,23). The fourth-order valence-electron chi connectivity index (χ4n) is 2.09. The highest BCUT2D eigenvalue weighted by molar-refractivity contribution is 5.99. The summed E-state index contributed by atoms with van der Waals surface area (Å²) in [4.78, 5) is 11.8. The summed E-state index contributed by atoms with van der Waals surface area (Å²) in [5, 5.41) is 7.22. The smallest absolute Gasteiger partial charge is 0.259 e. The Hall–Kier alpha value is -2.62. The number of amides is 1. The van der Waals surface area contributed by atoms with Gasteiger partial charge in [0.15, 0.2) is 0 Å². The monoisotopic (exact) mass is 309 g/mol. The molecule has 0 aromatic heterocycles. The number of hydrogen-bond acceptors (Lipinski definition) is 3. The second-order valence-electron chi connectivity index (χ2n) is 5.50. The molecule has 2 rings (SSSR count). The van der Waals surface area contributed by atoms with E-state index < -0.39 is 0 Å². The van der Waals surface area contributed by atoms with Gasteiger partial charge in [-0.2, -0.15) is 5.10 Å². The van der Waals surface area contributed by atoms with Crippen LogP contribution in [0.1, 0.15) is 30.5 Å². The van der Waals surface area contributed by atoms with Gasteiger partial charge in [-0.1, -0.05) is 48.9 Å². The Balaban J connectivity index is 1.85. The normalized spacial score (nSPS) is 11.2. The van der Waals surface area contributed by atoms with Gasteiger partial charge in [0.25, 0.3) is 5.91 Å². The fourth-order valence-corrected chi connectivity index (χ4v) is 2.09. The topological polar surface area (TPSA) is 53.5 Å². The van der Waals surface area contributed by atoms with Crippen LogP contribution in [0.25, 0.3) is 0 Å². The summed E-state index contributed by atoms with van der Waals surface area (Å²) in [6.45, 7) is 6.22. The van der Waals surface area contributed by atoms with E-state index in [2.05, 4.69) is 34.9 Å². The van der Waals surface area contributed by atoms with Crippen molar-refractivity contribution in [3.63, 3.8) is 0 Å². The first-order chi connectivity index (χ1) is 11.1. The Morgan fingerprint density at radius 2 is 1.70 bits per heavy atom. The Morgan fingerprint density at radius 1 is 1.04 bits per heavy atom. The van der Waals surface area contributed by atoms with E-state index in [4.69, 9.17) is 0 Å². The van der Waals surface area contributed by atoms with Crippen LogP contribution in [0.15, 0.2) is 53.6 Å². The van der Waals surface area contributed by atoms with Crippen molar-refractivity contribution < 1.29 is 4.79 Å². The zero-order valence-electron chi connectivity index (χ0n) is 13.9. The Morgan fingerprint density at radius 3 is 2.30 bits per heavy atom. The second kappa shape index (κ2) is 8.13. The van der Waals surface area contributed by atoms with Crippen molar-refractivity contribution in [2.75, 3.05) is 11.9 Å². The van der Waals surface area contributed by atoms with Gasteiger partial charge in [0.2, 0.25) is 0 Å². The Bertz CT molecular complexity index is 673. The average Bonchev–Trinajstić information content (AvgIpc) is 2.59. The molecule has 0 heterocycles. The Labute approximate surface area is 137 Å². The average molecular weight is 309 g/mol. The number of rotatable bonds is 6. The van der Waals surface area contributed by atoms with Gasteiger partial charge in [-0.15, -0.1) is 0 Å². The zero-order chi connectivity index (χ0) is 16.7. The minimum absolute atomic E-state index is 0.171. The van der Waals surface area contributed by atoms with Crippen molar-refractivity contribution in [1.82, 2.24) is 5.43 Å². The maximum Gasteiger partial charge on any atom is 0.259 e. The molecular formula is C19H23N3O. The summed E-state index contributed by atoms with van der Waals surface area (Å²) in [5.74, 6) is -0.171. The highest BCUT2D eigenvalue weighted by Gasteiger charge is 2.02. The van der Waals surface area contributed by atoms with Crippen LogP contribution in [0.3, 0.4) is 0 Å². The molecular weight excluding hydrogens is 286 g/mol. The number of carbonyl (C=O) groups is 1. The first-order valence-electron chi connectivity index (χ1n) is 7.81. The predicted octanol–water partition coefficient (Wildman–Crippen LogP) is 3.51. The Kier molecular flexibility index (Phi) is 5.92. The second-order valence-corrected chi connectivity index (χ2v) is 5.50. The van der Waals surface area contributed by atoms with Crippen LogP contribution in [0.2, 0.25) is 0 Å². The first-order valence-corrected chi connectivity index (χ1v) is 7.81. The minimum Gasteiger partial charge on any atom is -0.376 e. The predicted molar refractivity (Wildman–Crippen MR) is 95.8 cm³/mol. The van der Waals surface area contributed by atoms with E-state index in [1.807, 2.05) is 50.2 Å². The molecule has 0 fully saturated rings. The maximum atomic E-state index is 11.8. The molecule has 2 aromatic rings. The van der Waals surface area contributed by atoms with Crippen molar-refractivity contribution in [3.05, 3.63) is 65.2 Å². The molecule has 0 bridgehead atoms. The third kappa shape index (κ3) is 5.25.